The molecule has 1 heterocycles. The van der Waals surface area contributed by atoms with Crippen molar-refractivity contribution in [2.24, 2.45) is 11.8 Å². The van der Waals surface area contributed by atoms with Crippen LogP contribution in [0, 0.1) is 11.8 Å². The molecule has 26 heavy (non-hydrogen) atoms. The summed E-state index contributed by atoms with van der Waals surface area (Å²) >= 11 is 12.1. The van der Waals surface area contributed by atoms with Gasteiger partial charge in [0, 0.05) is 34.0 Å². The Bertz CT molecular complexity index is 727. The number of hydrogen-bond acceptors (Lipinski definition) is 2. The van der Waals surface area contributed by atoms with E-state index in [1.54, 1.807) is 0 Å². The fraction of sp³-hybridized carbons (Fsp3) is 0.455. The average Bonchev–Trinajstić information content (AvgIpc) is 2.62. The molecule has 1 aliphatic rings. The van der Waals surface area contributed by atoms with Gasteiger partial charge in [0.1, 0.15) is 0 Å². The van der Waals surface area contributed by atoms with E-state index in [2.05, 4.69) is 31.3 Å². The van der Waals surface area contributed by atoms with Crippen molar-refractivity contribution in [1.29, 1.82) is 0 Å². The summed E-state index contributed by atoms with van der Waals surface area (Å²) < 4.78 is 0. The van der Waals surface area contributed by atoms with E-state index >= 15 is 0 Å². The third kappa shape index (κ3) is 3.80. The number of halogens is 2. The zero-order chi connectivity index (χ0) is 18.9. The van der Waals surface area contributed by atoms with Gasteiger partial charge in [0.05, 0.1) is 5.60 Å². The molecule has 0 aliphatic carbocycles. The lowest BCUT2D eigenvalue weighted by Gasteiger charge is -2.52. The van der Waals surface area contributed by atoms with Crippen molar-refractivity contribution < 1.29 is 5.11 Å². The highest BCUT2D eigenvalue weighted by molar-refractivity contribution is 6.30. The number of benzene rings is 2. The van der Waals surface area contributed by atoms with E-state index in [0.717, 1.165) is 28.5 Å². The fourth-order valence-electron chi connectivity index (χ4n) is 4.29. The quantitative estimate of drug-likeness (QED) is 0.651. The standard InChI is InChI=1S/C22H27Cl2NO/c1-4-5-19-21(16-8-12-18(24)13-9-16)25-20(14(2)22(19,3)26)15-6-10-17(23)11-7-15/h6-14,19-21,25-26H,4-5H2,1-3H3/t14-,19+,20-,21+,22+/m0/s1. The van der Waals surface area contributed by atoms with Gasteiger partial charge in [-0.15, -0.1) is 0 Å². The average molecular weight is 392 g/mol. The smallest absolute Gasteiger partial charge is 0.0709 e. The van der Waals surface area contributed by atoms with E-state index in [1.165, 1.54) is 5.56 Å². The van der Waals surface area contributed by atoms with Crippen LogP contribution in [0.25, 0.3) is 0 Å². The third-order valence-electron chi connectivity index (χ3n) is 5.99. The van der Waals surface area contributed by atoms with Crippen molar-refractivity contribution in [3.05, 3.63) is 69.7 Å². The molecule has 140 valence electrons. The van der Waals surface area contributed by atoms with E-state index in [9.17, 15) is 5.11 Å². The van der Waals surface area contributed by atoms with E-state index in [4.69, 9.17) is 23.2 Å². The minimum Gasteiger partial charge on any atom is -0.389 e. The summed E-state index contributed by atoms with van der Waals surface area (Å²) in [4.78, 5) is 0. The number of piperidine rings is 1. The van der Waals surface area contributed by atoms with Crippen LogP contribution in [0.1, 0.15) is 56.8 Å². The van der Waals surface area contributed by atoms with E-state index in [-0.39, 0.29) is 23.9 Å². The van der Waals surface area contributed by atoms with E-state index in [0.29, 0.717) is 0 Å². The van der Waals surface area contributed by atoms with Crippen molar-refractivity contribution in [3.8, 4) is 0 Å². The summed E-state index contributed by atoms with van der Waals surface area (Å²) in [6, 6.07) is 16.0. The second-order valence-corrected chi connectivity index (χ2v) is 8.51. The second kappa shape index (κ2) is 7.90. The number of aliphatic hydroxyl groups is 1. The molecule has 2 nitrogen and oxygen atoms in total. The first-order valence-corrected chi connectivity index (χ1v) is 10.1. The SMILES string of the molecule is CCC[C@@H]1[C@@H](c2ccc(Cl)cc2)N[C@H](c2ccc(Cl)cc2)[C@H](C)[C@@]1(C)O. The monoisotopic (exact) mass is 391 g/mol. The summed E-state index contributed by atoms with van der Waals surface area (Å²) in [5.74, 6) is 0.205. The molecular weight excluding hydrogens is 365 g/mol. The minimum absolute atomic E-state index is 0.0519. The van der Waals surface area contributed by atoms with Crippen LogP contribution >= 0.6 is 23.2 Å². The summed E-state index contributed by atoms with van der Waals surface area (Å²) in [6.07, 6.45) is 2.00. The molecule has 1 fully saturated rings. The molecule has 2 aromatic carbocycles. The van der Waals surface area contributed by atoms with Gasteiger partial charge in [-0.2, -0.15) is 0 Å². The Hall–Kier alpha value is -1.06. The molecule has 3 rings (SSSR count). The van der Waals surface area contributed by atoms with Gasteiger partial charge < -0.3 is 10.4 Å². The van der Waals surface area contributed by atoms with Crippen LogP contribution in [-0.2, 0) is 0 Å². The Labute approximate surface area is 166 Å². The Morgan fingerprint density at radius 3 is 1.85 bits per heavy atom. The summed E-state index contributed by atoms with van der Waals surface area (Å²) in [6.45, 7) is 6.29. The Morgan fingerprint density at radius 2 is 1.38 bits per heavy atom. The maximum atomic E-state index is 11.5. The molecule has 0 bridgehead atoms. The van der Waals surface area contributed by atoms with Gasteiger partial charge >= 0.3 is 0 Å². The van der Waals surface area contributed by atoms with Crippen LogP contribution in [-0.4, -0.2) is 10.7 Å². The lowest BCUT2D eigenvalue weighted by atomic mass is 9.65. The van der Waals surface area contributed by atoms with E-state index in [1.807, 2.05) is 43.3 Å². The molecule has 0 aromatic heterocycles. The molecule has 0 spiro atoms. The Morgan fingerprint density at radius 1 is 0.923 bits per heavy atom. The molecule has 1 aliphatic heterocycles. The summed E-state index contributed by atoms with van der Waals surface area (Å²) in [7, 11) is 0. The normalized spacial score (nSPS) is 31.8. The topological polar surface area (TPSA) is 32.3 Å². The minimum atomic E-state index is -0.782. The highest BCUT2D eigenvalue weighted by atomic mass is 35.5. The van der Waals surface area contributed by atoms with Gasteiger partial charge in [-0.05, 0) is 48.7 Å². The molecule has 0 radical (unpaired) electrons. The summed E-state index contributed by atoms with van der Waals surface area (Å²) in [5.41, 5.74) is 1.53. The first-order chi connectivity index (χ1) is 12.3. The molecular formula is C22H27Cl2NO. The van der Waals surface area contributed by atoms with Crippen LogP contribution in [0.4, 0.5) is 0 Å². The van der Waals surface area contributed by atoms with Gasteiger partial charge in [0.2, 0.25) is 0 Å². The molecule has 0 saturated carbocycles. The number of hydrogen-bond donors (Lipinski definition) is 2. The van der Waals surface area contributed by atoms with Crippen LogP contribution < -0.4 is 5.32 Å². The van der Waals surface area contributed by atoms with Crippen molar-refractivity contribution in [3.63, 3.8) is 0 Å². The van der Waals surface area contributed by atoms with Crippen LogP contribution in [0.5, 0.6) is 0 Å². The molecule has 0 unspecified atom stereocenters. The lowest BCUT2D eigenvalue weighted by Crippen LogP contribution is -2.56. The maximum absolute atomic E-state index is 11.5. The van der Waals surface area contributed by atoms with Crippen LogP contribution in [0.15, 0.2) is 48.5 Å². The maximum Gasteiger partial charge on any atom is 0.0709 e. The molecule has 5 atom stereocenters. The van der Waals surface area contributed by atoms with Crippen molar-refractivity contribution in [2.75, 3.05) is 0 Å². The summed E-state index contributed by atoms with van der Waals surface area (Å²) in [5, 5.41) is 16.8. The number of nitrogens with one attached hydrogen (secondary N) is 1. The Kier molecular flexibility index (Phi) is 5.98. The fourth-order valence-corrected chi connectivity index (χ4v) is 4.54. The van der Waals surface area contributed by atoms with Gasteiger partial charge in [-0.25, -0.2) is 0 Å². The zero-order valence-corrected chi connectivity index (χ0v) is 17.1. The van der Waals surface area contributed by atoms with Gasteiger partial charge in [0.25, 0.3) is 0 Å². The first-order valence-electron chi connectivity index (χ1n) is 9.34. The predicted octanol–water partition coefficient (Wildman–Crippen LogP) is 6.18. The predicted molar refractivity (Wildman–Crippen MR) is 110 cm³/mol. The van der Waals surface area contributed by atoms with Crippen molar-refractivity contribution in [1.82, 2.24) is 5.32 Å². The lowest BCUT2D eigenvalue weighted by molar-refractivity contribution is -0.105. The van der Waals surface area contributed by atoms with Crippen LogP contribution in [0.2, 0.25) is 10.0 Å². The van der Waals surface area contributed by atoms with Crippen molar-refractivity contribution in [2.45, 2.75) is 51.3 Å². The number of rotatable bonds is 4. The Balaban J connectivity index is 2.01. The molecule has 4 heteroatoms. The van der Waals surface area contributed by atoms with Gasteiger partial charge in [-0.1, -0.05) is 67.7 Å². The second-order valence-electron chi connectivity index (χ2n) is 7.63. The van der Waals surface area contributed by atoms with Gasteiger partial charge in [0.15, 0.2) is 0 Å². The molecule has 2 N–H and O–H groups in total. The van der Waals surface area contributed by atoms with Gasteiger partial charge in [-0.3, -0.25) is 0 Å². The van der Waals surface area contributed by atoms with Crippen LogP contribution in [0.3, 0.4) is 0 Å². The largest absolute Gasteiger partial charge is 0.389 e. The molecule has 2 aromatic rings. The molecule has 0 amide bonds. The highest BCUT2D eigenvalue weighted by Gasteiger charge is 2.49. The third-order valence-corrected chi connectivity index (χ3v) is 6.50. The zero-order valence-electron chi connectivity index (χ0n) is 15.5. The molecule has 1 saturated heterocycles. The van der Waals surface area contributed by atoms with E-state index < -0.39 is 5.60 Å². The highest BCUT2D eigenvalue weighted by Crippen LogP contribution is 2.48. The first kappa shape index (κ1) is 19.7. The van der Waals surface area contributed by atoms with Crippen molar-refractivity contribution >= 4 is 23.2 Å².